The van der Waals surface area contributed by atoms with Crippen molar-refractivity contribution in [3.63, 3.8) is 0 Å². The van der Waals surface area contributed by atoms with Gasteiger partial charge in [-0.25, -0.2) is 0 Å². The fourth-order valence-corrected chi connectivity index (χ4v) is 14.0. The van der Waals surface area contributed by atoms with Crippen LogP contribution in [-0.4, -0.2) is 188 Å². The third-order valence-corrected chi connectivity index (χ3v) is 17.8. The summed E-state index contributed by atoms with van der Waals surface area (Å²) in [4.78, 5) is 0. The molecule has 9 rings (SSSR count). The van der Waals surface area contributed by atoms with Gasteiger partial charge in [0.05, 0.1) is 38.1 Å². The lowest BCUT2D eigenvalue weighted by Gasteiger charge is -2.58. The van der Waals surface area contributed by atoms with Gasteiger partial charge in [0.2, 0.25) is 0 Å². The van der Waals surface area contributed by atoms with Crippen molar-refractivity contribution < 1.29 is 89.0 Å². The summed E-state index contributed by atoms with van der Waals surface area (Å²) in [5.74, 6) is 1.81. The zero-order chi connectivity index (χ0) is 44.9. The van der Waals surface area contributed by atoms with Crippen LogP contribution in [0.25, 0.3) is 0 Å². The van der Waals surface area contributed by atoms with Crippen LogP contribution in [0.3, 0.4) is 0 Å². The average Bonchev–Trinajstić information content (AvgIpc) is 3.72. The highest BCUT2D eigenvalue weighted by Crippen LogP contribution is 2.70. The Balaban J connectivity index is 0.899. The Morgan fingerprint density at radius 1 is 0.698 bits per heavy atom. The molecule has 9 aliphatic rings. The first-order chi connectivity index (χ1) is 29.9. The van der Waals surface area contributed by atoms with Crippen LogP contribution in [0.5, 0.6) is 0 Å². The van der Waals surface area contributed by atoms with Gasteiger partial charge < -0.3 is 89.0 Å². The van der Waals surface area contributed by atoms with E-state index in [1.54, 1.807) is 0 Å². The van der Waals surface area contributed by atoms with E-state index in [1.165, 1.54) is 12.5 Å². The molecular weight excluding hydrogens is 828 g/mol. The molecule has 360 valence electrons. The lowest BCUT2D eigenvalue weighted by atomic mass is 9.47. The molecule has 26 atom stereocenters. The third-order valence-electron chi connectivity index (χ3n) is 17.8. The predicted octanol–water partition coefficient (Wildman–Crippen LogP) is -0.813. The monoisotopic (exact) mass is 900 g/mol. The molecule has 8 fully saturated rings. The Bertz CT molecular complexity index is 1630. The molecule has 0 radical (unpaired) electrons. The first kappa shape index (κ1) is 47.1. The predicted molar refractivity (Wildman–Crippen MR) is 216 cm³/mol. The van der Waals surface area contributed by atoms with Crippen molar-refractivity contribution in [2.75, 3.05) is 26.4 Å². The lowest BCUT2D eigenvalue weighted by Crippen LogP contribution is -2.65. The molecule has 0 unspecified atom stereocenters. The molecule has 5 aliphatic heterocycles. The van der Waals surface area contributed by atoms with Gasteiger partial charge in [0.25, 0.3) is 0 Å². The Morgan fingerprint density at radius 3 is 2.13 bits per heavy atom. The summed E-state index contributed by atoms with van der Waals surface area (Å²) in [7, 11) is 0. The van der Waals surface area contributed by atoms with Gasteiger partial charge in [-0.15, -0.1) is 0 Å². The normalized spacial score (nSPS) is 56.9. The molecule has 0 aromatic rings. The van der Waals surface area contributed by atoms with Crippen LogP contribution >= 0.6 is 0 Å². The minimum atomic E-state index is -1.71. The highest BCUT2D eigenvalue weighted by Gasteiger charge is 2.69. The molecule has 18 heteroatoms. The quantitative estimate of drug-likeness (QED) is 0.127. The molecule has 10 N–H and O–H groups in total. The van der Waals surface area contributed by atoms with Crippen LogP contribution < -0.4 is 0 Å². The van der Waals surface area contributed by atoms with Crippen molar-refractivity contribution in [2.45, 2.75) is 196 Å². The van der Waals surface area contributed by atoms with Crippen molar-refractivity contribution in [1.82, 2.24) is 0 Å². The van der Waals surface area contributed by atoms with Crippen molar-refractivity contribution >= 4 is 0 Å². The van der Waals surface area contributed by atoms with Gasteiger partial charge >= 0.3 is 0 Å². The average molecular weight is 901 g/mol. The molecule has 0 aromatic carbocycles. The Morgan fingerprint density at radius 2 is 1.41 bits per heavy atom. The van der Waals surface area contributed by atoms with E-state index in [0.29, 0.717) is 43.1 Å². The maximum atomic E-state index is 11.6. The minimum absolute atomic E-state index is 0.0603. The molecule has 0 bridgehead atoms. The van der Waals surface area contributed by atoms with Gasteiger partial charge in [0.1, 0.15) is 67.1 Å². The van der Waals surface area contributed by atoms with Crippen LogP contribution in [0.1, 0.15) is 85.5 Å². The molecule has 18 nitrogen and oxygen atoms in total. The lowest BCUT2D eigenvalue weighted by molar-refractivity contribution is -0.375. The molecule has 5 heterocycles. The second-order valence-electron chi connectivity index (χ2n) is 21.1. The highest BCUT2D eigenvalue weighted by molar-refractivity contribution is 5.26. The Hall–Kier alpha value is -0.980. The van der Waals surface area contributed by atoms with Crippen molar-refractivity contribution in [1.29, 1.82) is 0 Å². The molecule has 4 aliphatic carbocycles. The Kier molecular flexibility index (Phi) is 13.3. The van der Waals surface area contributed by atoms with Crippen LogP contribution in [0.2, 0.25) is 0 Å². The van der Waals surface area contributed by atoms with E-state index in [0.717, 1.165) is 44.9 Å². The summed E-state index contributed by atoms with van der Waals surface area (Å²) < 4.78 is 49.3. The van der Waals surface area contributed by atoms with Gasteiger partial charge in [-0.1, -0.05) is 32.4 Å². The Labute approximate surface area is 368 Å². The summed E-state index contributed by atoms with van der Waals surface area (Å²) in [6.45, 7) is 8.24. The second kappa shape index (κ2) is 17.8. The summed E-state index contributed by atoms with van der Waals surface area (Å²) in [6, 6.07) is 0. The third kappa shape index (κ3) is 7.90. The highest BCUT2D eigenvalue weighted by atomic mass is 16.8. The number of aliphatic hydroxyl groups excluding tert-OH is 10. The van der Waals surface area contributed by atoms with Gasteiger partial charge in [0, 0.05) is 24.9 Å². The van der Waals surface area contributed by atoms with Gasteiger partial charge in [-0.2, -0.15) is 0 Å². The summed E-state index contributed by atoms with van der Waals surface area (Å²) in [5, 5.41) is 105. The topological polar surface area (TPSA) is 276 Å². The van der Waals surface area contributed by atoms with Crippen LogP contribution in [0.4, 0.5) is 0 Å². The van der Waals surface area contributed by atoms with Crippen molar-refractivity contribution in [2.24, 2.45) is 46.3 Å². The molecule has 1 spiro atoms. The second-order valence-corrected chi connectivity index (χ2v) is 21.1. The van der Waals surface area contributed by atoms with E-state index in [9.17, 15) is 51.1 Å². The van der Waals surface area contributed by atoms with Gasteiger partial charge in [-0.05, 0) is 92.8 Å². The van der Waals surface area contributed by atoms with Crippen LogP contribution in [-0.2, 0) is 37.9 Å². The number of allylic oxidation sites excluding steroid dienone is 1. The number of hydrogen-bond acceptors (Lipinski definition) is 18. The van der Waals surface area contributed by atoms with Crippen LogP contribution in [0.15, 0.2) is 11.6 Å². The molecule has 0 amide bonds. The van der Waals surface area contributed by atoms with Crippen LogP contribution in [0, 0.1) is 46.3 Å². The molecule has 0 aromatic heterocycles. The minimum Gasteiger partial charge on any atom is -0.396 e. The molecular formula is C45H72O18. The van der Waals surface area contributed by atoms with E-state index in [1.807, 2.05) is 0 Å². The fourth-order valence-electron chi connectivity index (χ4n) is 14.0. The van der Waals surface area contributed by atoms with E-state index in [-0.39, 0.29) is 35.4 Å². The number of fused-ring (bicyclic) bond motifs is 7. The van der Waals surface area contributed by atoms with E-state index in [2.05, 4.69) is 26.8 Å². The number of ether oxygens (including phenoxy) is 8. The zero-order valence-corrected chi connectivity index (χ0v) is 36.8. The van der Waals surface area contributed by atoms with E-state index >= 15 is 0 Å². The summed E-state index contributed by atoms with van der Waals surface area (Å²) in [5.41, 5.74) is 1.39. The maximum Gasteiger partial charge on any atom is 0.187 e. The summed E-state index contributed by atoms with van der Waals surface area (Å²) in [6.07, 6.45) is -12.3. The van der Waals surface area contributed by atoms with E-state index in [4.69, 9.17) is 37.9 Å². The number of aliphatic hydroxyl groups is 10. The van der Waals surface area contributed by atoms with Crippen molar-refractivity contribution in [3.8, 4) is 0 Å². The molecule has 63 heavy (non-hydrogen) atoms. The molecule has 3 saturated carbocycles. The molecule has 5 saturated heterocycles. The van der Waals surface area contributed by atoms with Gasteiger partial charge in [0.15, 0.2) is 24.7 Å². The smallest absolute Gasteiger partial charge is 0.187 e. The first-order valence-electron chi connectivity index (χ1n) is 23.5. The summed E-state index contributed by atoms with van der Waals surface area (Å²) >= 11 is 0. The van der Waals surface area contributed by atoms with Gasteiger partial charge in [-0.3, -0.25) is 0 Å². The number of rotatable bonds is 9. The SMILES string of the molecule is C[C@@H]1O[C@@H](O[C@H]2[C@H](O[C@H]3CC[C@@]4(C)C(=CC[C@H]5[C@@H]6C[C@@H]7O[C@]8(CC[C@H](CO)CO8)[C@@H](C)[C@@H]7[C@@]6(C)CC[C@@H]54)C3)O[C@H](CO[C@@H]3O[C@H](CO)[C@@H](O)[C@H](O)[C@H]3O)[C@@H](O)[C@@H]2O)[C@H](O)[C@H](O)[C@H]1O. The van der Waals surface area contributed by atoms with Crippen molar-refractivity contribution in [3.05, 3.63) is 11.6 Å². The number of hydrogen-bond donors (Lipinski definition) is 10. The maximum absolute atomic E-state index is 11.6. The standard InChI is InChI=1S/C45H72O18/c1-19-30-27(63-45(19)12-7-21(15-46)17-57-45)14-26-24-6-5-22-13-23(8-10-43(22,3)25(24)9-11-44(26,30)4)59-42-39(62-41-38(55)34(51)31(48)20(2)58-41)36(53)33(50)29(61-42)18-56-40-37(54)35(52)32(49)28(16-47)60-40/h5,19-21,23-42,46-55H,6-18H2,1-4H3/t19-,20-,21+,23-,24+,25-,26-,27-,28+,29+,30-,31-,32+,33+,34+,35-,36-,37+,38+,39+,40+,41-,42+,43-,44-,45+/m0/s1. The largest absolute Gasteiger partial charge is 0.396 e. The van der Waals surface area contributed by atoms with E-state index < -0.39 is 117 Å². The zero-order valence-electron chi connectivity index (χ0n) is 36.8. The first-order valence-corrected chi connectivity index (χ1v) is 23.5. The fraction of sp³-hybridized carbons (Fsp3) is 0.956.